The van der Waals surface area contributed by atoms with Gasteiger partial charge in [-0.05, 0) is 58.7 Å². The van der Waals surface area contributed by atoms with Gasteiger partial charge in [0.05, 0.1) is 17.3 Å². The molecule has 0 heterocycles. The van der Waals surface area contributed by atoms with Gasteiger partial charge in [-0.1, -0.05) is 6.07 Å². The van der Waals surface area contributed by atoms with Crippen molar-refractivity contribution in [2.75, 3.05) is 5.32 Å². The molecule has 3 nitrogen and oxygen atoms in total. The van der Waals surface area contributed by atoms with Crippen LogP contribution in [0.5, 0.6) is 0 Å². The minimum atomic E-state index is -0.205. The highest BCUT2D eigenvalue weighted by atomic mass is 79.9. The van der Waals surface area contributed by atoms with Crippen molar-refractivity contribution in [1.82, 2.24) is 0 Å². The van der Waals surface area contributed by atoms with E-state index in [1.807, 2.05) is 25.1 Å². The molecule has 0 unspecified atom stereocenters. The quantitative estimate of drug-likeness (QED) is 0.801. The molecule has 0 fully saturated rings. The lowest BCUT2D eigenvalue weighted by Gasteiger charge is -2.10. The Hall–Kier alpha value is -1.77. The number of nitrogens with one attached hydrogen (secondary N) is 1. The molecule has 0 atom stereocenters. The van der Waals surface area contributed by atoms with Crippen LogP contribution in [-0.4, -0.2) is 5.91 Å². The van der Waals surface area contributed by atoms with Crippen LogP contribution in [-0.2, 0) is 0 Å². The summed E-state index contributed by atoms with van der Waals surface area (Å²) in [4.78, 5) is 13.0. The minimum absolute atomic E-state index is 0.205. The van der Waals surface area contributed by atoms with Gasteiger partial charge in [0.25, 0.3) is 5.91 Å². The third-order valence-electron chi connectivity index (χ3n) is 2.81. The first-order chi connectivity index (χ1) is 9.51. The van der Waals surface area contributed by atoms with Crippen LogP contribution in [0.15, 0.2) is 45.8 Å². The Morgan fingerprint density at radius 2 is 2.05 bits per heavy atom. The van der Waals surface area contributed by atoms with Gasteiger partial charge in [0.15, 0.2) is 0 Å². The monoisotopic (exact) mass is 346 g/mol. The summed E-state index contributed by atoms with van der Waals surface area (Å²) < 4.78 is 0.671. The number of thiol groups is 1. The van der Waals surface area contributed by atoms with Gasteiger partial charge in [-0.3, -0.25) is 4.79 Å². The largest absolute Gasteiger partial charge is 0.321 e. The number of benzene rings is 2. The summed E-state index contributed by atoms with van der Waals surface area (Å²) in [6.45, 7) is 1.87. The number of nitrogens with zero attached hydrogens (tertiary/aromatic N) is 1. The molecule has 0 aliphatic rings. The highest BCUT2D eigenvalue weighted by Gasteiger charge is 2.11. The molecule has 0 aliphatic heterocycles. The lowest BCUT2D eigenvalue weighted by Crippen LogP contribution is -2.13. The fourth-order valence-corrected chi connectivity index (χ4v) is 2.41. The first-order valence-corrected chi connectivity index (χ1v) is 7.06. The molecule has 0 spiro atoms. The molecule has 1 N–H and O–H groups in total. The Balaban J connectivity index is 2.28. The lowest BCUT2D eigenvalue weighted by molar-refractivity contribution is 0.102. The Morgan fingerprint density at radius 3 is 2.70 bits per heavy atom. The second-order valence-corrected chi connectivity index (χ2v) is 5.63. The van der Waals surface area contributed by atoms with Crippen LogP contribution < -0.4 is 5.32 Å². The summed E-state index contributed by atoms with van der Waals surface area (Å²) in [5.74, 6) is -0.205. The fourth-order valence-electron chi connectivity index (χ4n) is 1.73. The maximum Gasteiger partial charge on any atom is 0.255 e. The van der Waals surface area contributed by atoms with Crippen LogP contribution in [0, 0.1) is 18.3 Å². The second-order valence-electron chi connectivity index (χ2n) is 4.26. The molecule has 2 rings (SSSR count). The molecular formula is C15H11BrN2OS. The van der Waals surface area contributed by atoms with Crippen molar-refractivity contribution in [2.45, 2.75) is 11.8 Å². The van der Waals surface area contributed by atoms with Crippen molar-refractivity contribution in [3.8, 4) is 6.07 Å². The molecule has 100 valence electrons. The highest BCUT2D eigenvalue weighted by molar-refractivity contribution is 9.10. The number of nitriles is 1. The van der Waals surface area contributed by atoms with Crippen LogP contribution in [0.1, 0.15) is 21.5 Å². The third-order valence-corrected chi connectivity index (χ3v) is 3.75. The topological polar surface area (TPSA) is 52.9 Å². The van der Waals surface area contributed by atoms with Gasteiger partial charge >= 0.3 is 0 Å². The van der Waals surface area contributed by atoms with E-state index in [1.54, 1.807) is 24.3 Å². The van der Waals surface area contributed by atoms with E-state index in [4.69, 9.17) is 5.26 Å². The standard InChI is InChI=1S/C15H11BrN2OS/c1-9-2-4-11(20)7-12(9)15(19)18-14-5-3-10(8-17)6-13(14)16/h2-7,20H,1H3,(H,18,19). The molecule has 0 aromatic heterocycles. The molecule has 0 saturated carbocycles. The zero-order valence-electron chi connectivity index (χ0n) is 10.6. The molecule has 0 bridgehead atoms. The van der Waals surface area contributed by atoms with Crippen LogP contribution in [0.4, 0.5) is 5.69 Å². The van der Waals surface area contributed by atoms with Gasteiger partial charge in [-0.25, -0.2) is 0 Å². The molecule has 1 amide bonds. The second kappa shape index (κ2) is 6.12. The van der Waals surface area contributed by atoms with E-state index < -0.39 is 0 Å². The molecular weight excluding hydrogens is 336 g/mol. The van der Waals surface area contributed by atoms with E-state index in [2.05, 4.69) is 33.9 Å². The Labute approximate surface area is 131 Å². The number of carbonyl (C=O) groups is 1. The molecule has 0 aliphatic carbocycles. The van der Waals surface area contributed by atoms with E-state index in [0.29, 0.717) is 21.3 Å². The fraction of sp³-hybridized carbons (Fsp3) is 0.0667. The summed E-state index contributed by atoms with van der Waals surface area (Å²) >= 11 is 7.58. The Kier molecular flexibility index (Phi) is 4.48. The van der Waals surface area contributed by atoms with Crippen molar-refractivity contribution in [1.29, 1.82) is 5.26 Å². The Bertz CT molecular complexity index is 722. The van der Waals surface area contributed by atoms with Gasteiger partial charge in [-0.2, -0.15) is 5.26 Å². The molecule has 20 heavy (non-hydrogen) atoms. The third kappa shape index (κ3) is 3.21. The summed E-state index contributed by atoms with van der Waals surface area (Å²) in [6.07, 6.45) is 0. The van der Waals surface area contributed by atoms with Gasteiger partial charge in [0, 0.05) is 14.9 Å². The van der Waals surface area contributed by atoms with Crippen LogP contribution in [0.2, 0.25) is 0 Å². The van der Waals surface area contributed by atoms with Gasteiger partial charge < -0.3 is 5.32 Å². The molecule has 0 saturated heterocycles. The number of hydrogen-bond acceptors (Lipinski definition) is 3. The summed E-state index contributed by atoms with van der Waals surface area (Å²) in [5.41, 5.74) is 2.61. The van der Waals surface area contributed by atoms with Crippen molar-refractivity contribution in [3.63, 3.8) is 0 Å². The minimum Gasteiger partial charge on any atom is -0.321 e. The zero-order chi connectivity index (χ0) is 14.7. The number of carbonyl (C=O) groups excluding carboxylic acids is 1. The molecule has 2 aromatic rings. The van der Waals surface area contributed by atoms with E-state index in [1.165, 1.54) is 0 Å². The van der Waals surface area contributed by atoms with Crippen LogP contribution in [0.3, 0.4) is 0 Å². The number of halogens is 1. The average Bonchev–Trinajstić information content (AvgIpc) is 2.43. The number of anilines is 1. The van der Waals surface area contributed by atoms with Crippen molar-refractivity contribution >= 4 is 40.2 Å². The van der Waals surface area contributed by atoms with Crippen LogP contribution >= 0.6 is 28.6 Å². The van der Waals surface area contributed by atoms with Crippen molar-refractivity contribution in [2.24, 2.45) is 0 Å². The molecule has 0 radical (unpaired) electrons. The van der Waals surface area contributed by atoms with E-state index in [-0.39, 0.29) is 5.91 Å². The summed E-state index contributed by atoms with van der Waals surface area (Å²) in [6, 6.07) is 12.5. The SMILES string of the molecule is Cc1ccc(S)cc1C(=O)Nc1ccc(C#N)cc1Br. The summed E-state index contributed by atoms with van der Waals surface area (Å²) in [7, 11) is 0. The average molecular weight is 347 g/mol. The van der Waals surface area contributed by atoms with Crippen molar-refractivity contribution < 1.29 is 4.79 Å². The van der Waals surface area contributed by atoms with E-state index >= 15 is 0 Å². The van der Waals surface area contributed by atoms with Gasteiger partial charge in [-0.15, -0.1) is 12.6 Å². The van der Waals surface area contributed by atoms with Gasteiger partial charge in [0.1, 0.15) is 0 Å². The van der Waals surface area contributed by atoms with Crippen LogP contribution in [0.25, 0.3) is 0 Å². The Morgan fingerprint density at radius 1 is 1.30 bits per heavy atom. The maximum absolute atomic E-state index is 12.3. The predicted molar refractivity (Wildman–Crippen MR) is 85.2 cm³/mol. The molecule has 5 heteroatoms. The van der Waals surface area contributed by atoms with E-state index in [9.17, 15) is 4.79 Å². The number of rotatable bonds is 2. The first kappa shape index (κ1) is 14.6. The molecule has 2 aromatic carbocycles. The maximum atomic E-state index is 12.3. The highest BCUT2D eigenvalue weighted by Crippen LogP contribution is 2.24. The normalized spacial score (nSPS) is 9.90. The number of hydrogen-bond donors (Lipinski definition) is 2. The van der Waals surface area contributed by atoms with Gasteiger partial charge in [0.2, 0.25) is 0 Å². The lowest BCUT2D eigenvalue weighted by atomic mass is 10.1. The van der Waals surface area contributed by atoms with E-state index in [0.717, 1.165) is 10.5 Å². The summed E-state index contributed by atoms with van der Waals surface area (Å²) in [5, 5.41) is 11.6. The first-order valence-electron chi connectivity index (χ1n) is 5.82. The predicted octanol–water partition coefficient (Wildman–Crippen LogP) is 4.17. The number of amides is 1. The smallest absolute Gasteiger partial charge is 0.255 e. The zero-order valence-corrected chi connectivity index (χ0v) is 13.1. The number of aryl methyl sites for hydroxylation is 1. The van der Waals surface area contributed by atoms with Crippen molar-refractivity contribution in [3.05, 3.63) is 57.6 Å².